The molecule has 1 saturated heterocycles. The first-order valence-electron chi connectivity index (χ1n) is 8.95. The number of carbonyl (C=O) groups is 1. The molecule has 146 valence electrons. The molecule has 1 N–H and O–H groups in total. The molecule has 27 heavy (non-hydrogen) atoms. The van der Waals surface area contributed by atoms with E-state index in [0.29, 0.717) is 29.4 Å². The molecule has 1 amide bonds. The van der Waals surface area contributed by atoms with E-state index in [2.05, 4.69) is 5.32 Å². The third-order valence-electron chi connectivity index (χ3n) is 4.50. The quantitative estimate of drug-likeness (QED) is 0.736. The zero-order chi connectivity index (χ0) is 19.3. The first kappa shape index (κ1) is 20.4. The summed E-state index contributed by atoms with van der Waals surface area (Å²) >= 11 is 2.97. The largest absolute Gasteiger partial charge is 0.347 e. The summed E-state index contributed by atoms with van der Waals surface area (Å²) < 4.78 is 27.3. The van der Waals surface area contributed by atoms with E-state index in [1.807, 2.05) is 30.5 Å². The summed E-state index contributed by atoms with van der Waals surface area (Å²) in [6.45, 7) is 1.52. The van der Waals surface area contributed by atoms with E-state index in [-0.39, 0.29) is 5.91 Å². The molecule has 0 bridgehead atoms. The summed E-state index contributed by atoms with van der Waals surface area (Å²) in [5.74, 6) is 0.769. The predicted molar refractivity (Wildman–Crippen MR) is 112 cm³/mol. The molecule has 1 aliphatic rings. The average molecular weight is 425 g/mol. The molecule has 0 aliphatic carbocycles. The molecule has 0 unspecified atom stereocenters. The van der Waals surface area contributed by atoms with E-state index in [9.17, 15) is 13.2 Å². The molecule has 1 fully saturated rings. The number of hydrogen-bond acceptors (Lipinski definition) is 5. The van der Waals surface area contributed by atoms with Gasteiger partial charge in [-0.05, 0) is 48.9 Å². The van der Waals surface area contributed by atoms with E-state index in [0.717, 1.165) is 29.9 Å². The maximum absolute atomic E-state index is 12.7. The van der Waals surface area contributed by atoms with Crippen LogP contribution in [0, 0.1) is 0 Å². The number of hydrogen-bond donors (Lipinski definition) is 1. The molecular weight excluding hydrogens is 400 g/mol. The first-order valence-corrected chi connectivity index (χ1v) is 12.6. The smallest absolute Gasteiger partial charge is 0.252 e. The van der Waals surface area contributed by atoms with Gasteiger partial charge in [0.15, 0.2) is 0 Å². The molecule has 0 saturated carbocycles. The fraction of sp³-hybridized carbons (Fsp3) is 0.421. The lowest BCUT2D eigenvalue weighted by Crippen LogP contribution is -2.35. The van der Waals surface area contributed by atoms with Crippen molar-refractivity contribution in [2.75, 3.05) is 19.3 Å². The average Bonchev–Trinajstić information content (AvgIpc) is 3.17. The van der Waals surface area contributed by atoms with Gasteiger partial charge in [-0.3, -0.25) is 4.79 Å². The second-order valence-electron chi connectivity index (χ2n) is 6.50. The maximum Gasteiger partial charge on any atom is 0.252 e. The summed E-state index contributed by atoms with van der Waals surface area (Å²) in [7, 11) is -3.41. The monoisotopic (exact) mass is 424 g/mol. The Bertz CT molecular complexity index is 870. The topological polar surface area (TPSA) is 66.5 Å². The van der Waals surface area contributed by atoms with Crippen LogP contribution in [0.2, 0.25) is 0 Å². The van der Waals surface area contributed by atoms with Crippen LogP contribution in [0.25, 0.3) is 0 Å². The Morgan fingerprint density at radius 3 is 2.48 bits per heavy atom. The minimum atomic E-state index is -3.41. The zero-order valence-corrected chi connectivity index (χ0v) is 17.8. The van der Waals surface area contributed by atoms with Crippen LogP contribution in [-0.2, 0) is 22.3 Å². The highest BCUT2D eigenvalue weighted by Crippen LogP contribution is 2.27. The molecule has 0 spiro atoms. The van der Waals surface area contributed by atoms with Crippen molar-refractivity contribution in [3.63, 3.8) is 0 Å². The molecular formula is C19H24N2O3S3. The van der Waals surface area contributed by atoms with Gasteiger partial charge in [-0.2, -0.15) is 16.1 Å². The van der Waals surface area contributed by atoms with Crippen molar-refractivity contribution in [2.24, 2.45) is 0 Å². The third-order valence-corrected chi connectivity index (χ3v) is 8.57. The predicted octanol–water partition coefficient (Wildman–Crippen LogP) is 3.72. The molecule has 0 atom stereocenters. The molecule has 1 aromatic heterocycles. The normalized spacial score (nSPS) is 15.6. The molecule has 2 aromatic rings. The van der Waals surface area contributed by atoms with Crippen LogP contribution in [0.3, 0.4) is 0 Å². The van der Waals surface area contributed by atoms with Gasteiger partial charge in [0.05, 0.1) is 6.54 Å². The van der Waals surface area contributed by atoms with Crippen LogP contribution in [0.15, 0.2) is 40.6 Å². The van der Waals surface area contributed by atoms with Gasteiger partial charge in [0, 0.05) is 29.3 Å². The van der Waals surface area contributed by atoms with Crippen molar-refractivity contribution in [2.45, 2.75) is 35.8 Å². The summed E-state index contributed by atoms with van der Waals surface area (Å²) in [6, 6.07) is 11.0. The first-order chi connectivity index (χ1) is 13.0. The van der Waals surface area contributed by atoms with E-state index < -0.39 is 10.0 Å². The summed E-state index contributed by atoms with van der Waals surface area (Å²) in [5.41, 5.74) is 1.79. The zero-order valence-electron chi connectivity index (χ0n) is 15.3. The lowest BCUT2D eigenvalue weighted by molar-refractivity contribution is 0.0951. The van der Waals surface area contributed by atoms with E-state index in [1.165, 1.54) is 16.9 Å². The Hall–Kier alpha value is -1.35. The number of nitrogens with zero attached hydrogens (tertiary/aromatic N) is 1. The number of amides is 1. The fourth-order valence-corrected chi connectivity index (χ4v) is 6.51. The fourth-order valence-electron chi connectivity index (χ4n) is 3.01. The van der Waals surface area contributed by atoms with Gasteiger partial charge in [-0.15, -0.1) is 11.3 Å². The van der Waals surface area contributed by atoms with Crippen molar-refractivity contribution in [3.05, 3.63) is 52.4 Å². The molecule has 2 heterocycles. The van der Waals surface area contributed by atoms with Gasteiger partial charge in [-0.25, -0.2) is 8.42 Å². The van der Waals surface area contributed by atoms with Crippen molar-refractivity contribution in [1.29, 1.82) is 0 Å². The second kappa shape index (κ2) is 9.23. The van der Waals surface area contributed by atoms with Crippen molar-refractivity contribution in [1.82, 2.24) is 9.62 Å². The Morgan fingerprint density at radius 2 is 1.81 bits per heavy atom. The highest BCUT2D eigenvalue weighted by Gasteiger charge is 2.27. The van der Waals surface area contributed by atoms with Crippen molar-refractivity contribution in [3.8, 4) is 0 Å². The Kier molecular flexibility index (Phi) is 6.97. The minimum Gasteiger partial charge on any atom is -0.347 e. The van der Waals surface area contributed by atoms with Gasteiger partial charge in [-0.1, -0.05) is 18.6 Å². The number of thiophene rings is 1. The van der Waals surface area contributed by atoms with Crippen LogP contribution in [-0.4, -0.2) is 38.0 Å². The lowest BCUT2D eigenvalue weighted by atomic mass is 10.1. The van der Waals surface area contributed by atoms with Gasteiger partial charge >= 0.3 is 0 Å². The number of sulfonamides is 1. The van der Waals surface area contributed by atoms with Crippen LogP contribution in [0.5, 0.6) is 0 Å². The van der Waals surface area contributed by atoms with E-state index in [1.54, 1.807) is 28.2 Å². The molecule has 0 radical (unpaired) electrons. The highest BCUT2D eigenvalue weighted by atomic mass is 32.2. The van der Waals surface area contributed by atoms with E-state index in [4.69, 9.17) is 0 Å². The van der Waals surface area contributed by atoms with Gasteiger partial charge < -0.3 is 5.32 Å². The van der Waals surface area contributed by atoms with Gasteiger partial charge in [0.1, 0.15) is 4.21 Å². The maximum atomic E-state index is 12.7. The SMILES string of the molecule is CSCc1ccc(C(=O)NCc2ccc(S(=O)(=O)N3CCCCC3)s2)cc1. The Labute approximate surface area is 169 Å². The Balaban J connectivity index is 1.59. The summed E-state index contributed by atoms with van der Waals surface area (Å²) in [6.07, 6.45) is 4.97. The standard InChI is InChI=1S/C19H24N2O3S3/c1-25-14-15-5-7-16(8-6-15)19(22)20-13-17-9-10-18(26-17)27(23,24)21-11-3-2-4-12-21/h5-10H,2-4,11-14H2,1H3,(H,20,22). The number of benzene rings is 1. The molecule has 5 nitrogen and oxygen atoms in total. The number of rotatable bonds is 7. The minimum absolute atomic E-state index is 0.153. The number of carbonyl (C=O) groups excluding carboxylic acids is 1. The number of nitrogens with one attached hydrogen (secondary N) is 1. The second-order valence-corrected chi connectivity index (χ2v) is 10.7. The van der Waals surface area contributed by atoms with Crippen LogP contribution < -0.4 is 5.32 Å². The van der Waals surface area contributed by atoms with Crippen molar-refractivity contribution >= 4 is 39.0 Å². The summed E-state index contributed by atoms with van der Waals surface area (Å²) in [5, 5.41) is 2.87. The summed E-state index contributed by atoms with van der Waals surface area (Å²) in [4.78, 5) is 13.1. The number of thioether (sulfide) groups is 1. The van der Waals surface area contributed by atoms with Gasteiger partial charge in [0.2, 0.25) is 0 Å². The molecule has 8 heteroatoms. The third kappa shape index (κ3) is 5.13. The van der Waals surface area contributed by atoms with Gasteiger partial charge in [0.25, 0.3) is 15.9 Å². The van der Waals surface area contributed by atoms with Crippen molar-refractivity contribution < 1.29 is 13.2 Å². The molecule has 1 aromatic carbocycles. The van der Waals surface area contributed by atoms with Crippen LogP contribution >= 0.6 is 23.1 Å². The van der Waals surface area contributed by atoms with Crippen LogP contribution in [0.1, 0.15) is 40.1 Å². The molecule has 3 rings (SSSR count). The van der Waals surface area contributed by atoms with Crippen LogP contribution in [0.4, 0.5) is 0 Å². The lowest BCUT2D eigenvalue weighted by Gasteiger charge is -2.25. The number of piperidine rings is 1. The highest BCUT2D eigenvalue weighted by molar-refractivity contribution is 7.97. The molecule has 1 aliphatic heterocycles. The van der Waals surface area contributed by atoms with E-state index >= 15 is 0 Å². The Morgan fingerprint density at radius 1 is 1.11 bits per heavy atom.